The van der Waals surface area contributed by atoms with Crippen molar-refractivity contribution in [2.24, 2.45) is 0 Å². The molecule has 0 bridgehead atoms. The van der Waals surface area contributed by atoms with Gasteiger partial charge in [0.1, 0.15) is 11.5 Å². The monoisotopic (exact) mass is 284 g/mol. The molecule has 0 amide bonds. The summed E-state index contributed by atoms with van der Waals surface area (Å²) >= 11 is 0. The van der Waals surface area contributed by atoms with Crippen molar-refractivity contribution in [1.29, 1.82) is 0 Å². The Kier molecular flexibility index (Phi) is 4.38. The van der Waals surface area contributed by atoms with Crippen LogP contribution in [0.4, 0.5) is 0 Å². The second-order valence-corrected chi connectivity index (χ2v) is 4.77. The summed E-state index contributed by atoms with van der Waals surface area (Å²) in [5.41, 5.74) is 1.46. The molecule has 21 heavy (non-hydrogen) atoms. The summed E-state index contributed by atoms with van der Waals surface area (Å²) in [4.78, 5) is 24.1. The number of rotatable bonds is 5. The summed E-state index contributed by atoms with van der Waals surface area (Å²) in [5.74, 6) is -0.132. The van der Waals surface area contributed by atoms with E-state index in [2.05, 4.69) is 0 Å². The lowest BCUT2D eigenvalue weighted by Gasteiger charge is -2.05. The average Bonchev–Trinajstić information content (AvgIpc) is 2.47. The summed E-state index contributed by atoms with van der Waals surface area (Å²) in [5, 5.41) is 9.76. The van der Waals surface area contributed by atoms with E-state index >= 15 is 0 Å². The third-order valence-corrected chi connectivity index (χ3v) is 3.19. The Bertz CT molecular complexity index is 672. The Morgan fingerprint density at radius 3 is 2.29 bits per heavy atom. The zero-order valence-corrected chi connectivity index (χ0v) is 11.9. The molecule has 0 unspecified atom stereocenters. The van der Waals surface area contributed by atoms with Crippen LogP contribution in [0.2, 0.25) is 0 Å². The Balaban J connectivity index is 2.12. The Labute approximate surface area is 123 Å². The molecule has 4 heteroatoms. The van der Waals surface area contributed by atoms with E-state index in [4.69, 9.17) is 4.74 Å². The molecule has 0 aliphatic heterocycles. The first-order valence-corrected chi connectivity index (χ1v) is 6.51. The largest absolute Gasteiger partial charge is 0.507 e. The quantitative estimate of drug-likeness (QED) is 0.676. The number of hydrogen-bond acceptors (Lipinski definition) is 4. The molecule has 2 aromatic rings. The van der Waals surface area contributed by atoms with Crippen molar-refractivity contribution in [3.63, 3.8) is 0 Å². The first kappa shape index (κ1) is 14.8. The predicted molar refractivity (Wildman–Crippen MR) is 79.1 cm³/mol. The van der Waals surface area contributed by atoms with Gasteiger partial charge < -0.3 is 9.84 Å². The second kappa shape index (κ2) is 6.22. The lowest BCUT2D eigenvalue weighted by atomic mass is 10.00. The van der Waals surface area contributed by atoms with Crippen LogP contribution < -0.4 is 4.74 Å². The Morgan fingerprint density at radius 2 is 1.71 bits per heavy atom. The minimum atomic E-state index is -0.395. The molecule has 0 aliphatic rings. The third kappa shape index (κ3) is 3.48. The van der Waals surface area contributed by atoms with Gasteiger partial charge in [-0.15, -0.1) is 0 Å². The second-order valence-electron chi connectivity index (χ2n) is 4.77. The van der Waals surface area contributed by atoms with E-state index in [0.717, 1.165) is 5.56 Å². The van der Waals surface area contributed by atoms with Gasteiger partial charge in [0.2, 0.25) is 0 Å². The van der Waals surface area contributed by atoms with Crippen LogP contribution in [0.1, 0.15) is 32.7 Å². The number of phenols is 1. The predicted octanol–water partition coefficient (Wildman–Crippen LogP) is 3.16. The summed E-state index contributed by atoms with van der Waals surface area (Å²) in [6.07, 6.45) is -0.275. The number of methoxy groups -OCH3 is 1. The van der Waals surface area contributed by atoms with Crippen molar-refractivity contribution in [3.8, 4) is 11.5 Å². The van der Waals surface area contributed by atoms with Gasteiger partial charge in [0.25, 0.3) is 0 Å². The smallest absolute Gasteiger partial charge is 0.174 e. The lowest BCUT2D eigenvalue weighted by Crippen LogP contribution is -2.09. The molecule has 0 saturated carbocycles. The molecule has 0 fully saturated rings. The van der Waals surface area contributed by atoms with E-state index in [1.54, 1.807) is 37.4 Å². The van der Waals surface area contributed by atoms with Gasteiger partial charge in [-0.3, -0.25) is 9.59 Å². The number of aryl methyl sites for hydroxylation is 1. The molecule has 1 N–H and O–H groups in total. The van der Waals surface area contributed by atoms with Crippen LogP contribution in [0, 0.1) is 6.92 Å². The SMILES string of the molecule is COc1ccc(C(=O)CC(=O)c2ccc(C)cc2O)cc1. The minimum absolute atomic E-state index is 0.0949. The van der Waals surface area contributed by atoms with Crippen LogP contribution in [0.25, 0.3) is 0 Å². The molecule has 2 aromatic carbocycles. The molecule has 0 radical (unpaired) electrons. The van der Waals surface area contributed by atoms with Gasteiger partial charge in [-0.25, -0.2) is 0 Å². The van der Waals surface area contributed by atoms with Gasteiger partial charge in [0.15, 0.2) is 11.6 Å². The number of ether oxygens (including phenoxy) is 1. The summed E-state index contributed by atoms with van der Waals surface area (Å²) in [7, 11) is 1.54. The first-order chi connectivity index (χ1) is 10.0. The van der Waals surface area contributed by atoms with Crippen molar-refractivity contribution < 1.29 is 19.4 Å². The van der Waals surface area contributed by atoms with Crippen LogP contribution in [-0.4, -0.2) is 23.8 Å². The van der Waals surface area contributed by atoms with Gasteiger partial charge in [0, 0.05) is 5.56 Å². The maximum absolute atomic E-state index is 12.1. The maximum atomic E-state index is 12.1. The van der Waals surface area contributed by atoms with Gasteiger partial charge in [0.05, 0.1) is 19.1 Å². The number of phenolic OH excluding ortho intramolecular Hbond substituents is 1. The number of carbonyl (C=O) groups excluding carboxylic acids is 2. The van der Waals surface area contributed by atoms with Gasteiger partial charge >= 0.3 is 0 Å². The molecule has 4 nitrogen and oxygen atoms in total. The van der Waals surface area contributed by atoms with Crippen LogP contribution >= 0.6 is 0 Å². The molecule has 2 rings (SSSR count). The fraction of sp³-hybridized carbons (Fsp3) is 0.176. The number of Topliss-reactive ketones (excluding diaryl/α,β-unsaturated/α-hetero) is 2. The molecule has 0 saturated heterocycles. The van der Waals surface area contributed by atoms with Gasteiger partial charge in [-0.1, -0.05) is 6.07 Å². The number of ketones is 2. The molecule has 0 aliphatic carbocycles. The number of carbonyl (C=O) groups is 2. The molecule has 0 aromatic heterocycles. The first-order valence-electron chi connectivity index (χ1n) is 6.51. The topological polar surface area (TPSA) is 63.6 Å². The molecule has 108 valence electrons. The lowest BCUT2D eigenvalue weighted by molar-refractivity contribution is 0.0893. The molecular formula is C17H16O4. The highest BCUT2D eigenvalue weighted by Gasteiger charge is 2.16. The van der Waals surface area contributed by atoms with E-state index in [1.807, 2.05) is 6.92 Å². The summed E-state index contributed by atoms with van der Waals surface area (Å²) in [6, 6.07) is 11.3. The van der Waals surface area contributed by atoms with Gasteiger partial charge in [-0.05, 0) is 48.9 Å². The fourth-order valence-corrected chi connectivity index (χ4v) is 2.00. The minimum Gasteiger partial charge on any atom is -0.507 e. The third-order valence-electron chi connectivity index (χ3n) is 3.19. The average molecular weight is 284 g/mol. The number of hydrogen-bond donors (Lipinski definition) is 1. The van der Waals surface area contributed by atoms with E-state index in [-0.39, 0.29) is 23.5 Å². The van der Waals surface area contributed by atoms with Crippen molar-refractivity contribution >= 4 is 11.6 Å². The van der Waals surface area contributed by atoms with Crippen molar-refractivity contribution in [2.45, 2.75) is 13.3 Å². The standard InChI is InChI=1S/C17H16O4/c1-11-3-8-14(16(19)9-11)17(20)10-15(18)12-4-6-13(21-2)7-5-12/h3-9,19H,10H2,1-2H3. The Hall–Kier alpha value is -2.62. The molecule has 0 atom stereocenters. The van der Waals surface area contributed by atoms with Crippen LogP contribution in [0.5, 0.6) is 11.5 Å². The molecular weight excluding hydrogens is 268 g/mol. The van der Waals surface area contributed by atoms with E-state index in [9.17, 15) is 14.7 Å². The van der Waals surface area contributed by atoms with Crippen LogP contribution in [0.15, 0.2) is 42.5 Å². The molecule has 0 heterocycles. The summed E-state index contributed by atoms with van der Waals surface area (Å²) in [6.45, 7) is 1.82. The zero-order chi connectivity index (χ0) is 15.4. The highest BCUT2D eigenvalue weighted by atomic mass is 16.5. The van der Waals surface area contributed by atoms with Crippen LogP contribution in [0.3, 0.4) is 0 Å². The summed E-state index contributed by atoms with van der Waals surface area (Å²) < 4.78 is 5.01. The van der Waals surface area contributed by atoms with Crippen molar-refractivity contribution in [3.05, 3.63) is 59.2 Å². The zero-order valence-electron chi connectivity index (χ0n) is 11.9. The van der Waals surface area contributed by atoms with Crippen molar-refractivity contribution in [1.82, 2.24) is 0 Å². The highest BCUT2D eigenvalue weighted by Crippen LogP contribution is 2.21. The normalized spacial score (nSPS) is 10.2. The Morgan fingerprint density at radius 1 is 1.05 bits per heavy atom. The van der Waals surface area contributed by atoms with Crippen LogP contribution in [-0.2, 0) is 0 Å². The number of benzene rings is 2. The maximum Gasteiger partial charge on any atom is 0.174 e. The van der Waals surface area contributed by atoms with Gasteiger partial charge in [-0.2, -0.15) is 0 Å². The van der Waals surface area contributed by atoms with E-state index in [0.29, 0.717) is 11.3 Å². The fourth-order valence-electron chi connectivity index (χ4n) is 2.00. The van der Waals surface area contributed by atoms with Crippen molar-refractivity contribution in [2.75, 3.05) is 7.11 Å². The van der Waals surface area contributed by atoms with E-state index < -0.39 is 5.78 Å². The highest BCUT2D eigenvalue weighted by molar-refractivity contribution is 6.14. The molecule has 0 spiro atoms. The number of aromatic hydroxyl groups is 1. The van der Waals surface area contributed by atoms with E-state index in [1.165, 1.54) is 12.1 Å².